The number of amides is 1. The molecule has 156 valence electrons. The monoisotopic (exact) mass is 422 g/mol. The summed E-state index contributed by atoms with van der Waals surface area (Å²) in [7, 11) is -3.92. The van der Waals surface area contributed by atoms with Crippen LogP contribution in [0, 0.1) is 13.8 Å². The zero-order valence-electron chi connectivity index (χ0n) is 17.4. The number of sulfonamides is 1. The van der Waals surface area contributed by atoms with Crippen molar-refractivity contribution < 1.29 is 13.2 Å². The molecule has 0 aliphatic rings. The summed E-state index contributed by atoms with van der Waals surface area (Å²) in [5.74, 6) is -0.369. The zero-order valence-corrected chi connectivity index (χ0v) is 18.2. The Kier molecular flexibility index (Phi) is 6.57. The van der Waals surface area contributed by atoms with Crippen LogP contribution in [0.5, 0.6) is 0 Å². The molecule has 1 N–H and O–H groups in total. The molecular formula is C24H26N2O3S. The summed E-state index contributed by atoms with van der Waals surface area (Å²) in [6.45, 7) is 5.35. The highest BCUT2D eigenvalue weighted by molar-refractivity contribution is 7.92. The van der Waals surface area contributed by atoms with Gasteiger partial charge in [-0.25, -0.2) is 8.42 Å². The normalized spacial score (nSPS) is 12.2. The van der Waals surface area contributed by atoms with Gasteiger partial charge < -0.3 is 5.32 Å². The van der Waals surface area contributed by atoms with E-state index in [1.54, 1.807) is 30.3 Å². The second-order valence-corrected chi connectivity index (χ2v) is 9.11. The Morgan fingerprint density at radius 2 is 1.50 bits per heavy atom. The summed E-state index contributed by atoms with van der Waals surface area (Å²) in [6, 6.07) is 23.0. The number of anilines is 1. The molecule has 6 heteroatoms. The Labute approximate surface area is 178 Å². The molecule has 0 radical (unpaired) electrons. The Hall–Kier alpha value is -3.12. The van der Waals surface area contributed by atoms with Gasteiger partial charge in [0.2, 0.25) is 5.91 Å². The fraction of sp³-hybridized carbons (Fsp3) is 0.208. The molecule has 0 spiro atoms. The Morgan fingerprint density at radius 3 is 2.13 bits per heavy atom. The molecule has 0 aliphatic carbocycles. The van der Waals surface area contributed by atoms with Gasteiger partial charge in [-0.15, -0.1) is 0 Å². The maximum Gasteiger partial charge on any atom is 0.264 e. The molecule has 0 aliphatic heterocycles. The second-order valence-electron chi connectivity index (χ2n) is 7.24. The highest BCUT2D eigenvalue weighted by atomic mass is 32.2. The van der Waals surface area contributed by atoms with Crippen molar-refractivity contribution >= 4 is 21.6 Å². The maximum absolute atomic E-state index is 13.4. The SMILES string of the molecule is Cc1cccc(N(CC(=O)N[C@@H](C)c2ccccc2)S(=O)(=O)c2ccccc2)c1C. The largest absolute Gasteiger partial charge is 0.348 e. The lowest BCUT2D eigenvalue weighted by atomic mass is 10.1. The first-order valence-corrected chi connectivity index (χ1v) is 11.2. The van der Waals surface area contributed by atoms with Crippen molar-refractivity contribution in [1.82, 2.24) is 5.32 Å². The summed E-state index contributed by atoms with van der Waals surface area (Å²) < 4.78 is 28.1. The van der Waals surface area contributed by atoms with E-state index in [1.165, 1.54) is 16.4 Å². The van der Waals surface area contributed by atoms with Gasteiger partial charge in [-0.2, -0.15) is 0 Å². The summed E-state index contributed by atoms with van der Waals surface area (Å²) >= 11 is 0. The van der Waals surface area contributed by atoms with Crippen molar-refractivity contribution in [3.63, 3.8) is 0 Å². The lowest BCUT2D eigenvalue weighted by Crippen LogP contribution is -2.42. The molecule has 0 bridgehead atoms. The smallest absolute Gasteiger partial charge is 0.264 e. The lowest BCUT2D eigenvalue weighted by molar-refractivity contribution is -0.120. The van der Waals surface area contributed by atoms with Gasteiger partial charge in [0.15, 0.2) is 0 Å². The highest BCUT2D eigenvalue weighted by Crippen LogP contribution is 2.28. The summed E-state index contributed by atoms with van der Waals surface area (Å²) in [4.78, 5) is 13.0. The molecule has 3 aromatic carbocycles. The van der Waals surface area contributed by atoms with Crippen molar-refractivity contribution in [2.45, 2.75) is 31.7 Å². The first-order valence-electron chi connectivity index (χ1n) is 9.79. The van der Waals surface area contributed by atoms with Crippen LogP contribution >= 0.6 is 0 Å². The Balaban J connectivity index is 1.94. The number of benzene rings is 3. The van der Waals surface area contributed by atoms with Crippen LogP contribution in [0.1, 0.15) is 29.7 Å². The Morgan fingerprint density at radius 1 is 0.900 bits per heavy atom. The molecule has 0 heterocycles. The van der Waals surface area contributed by atoms with E-state index < -0.39 is 10.0 Å². The molecule has 30 heavy (non-hydrogen) atoms. The van der Waals surface area contributed by atoms with E-state index in [0.29, 0.717) is 5.69 Å². The van der Waals surface area contributed by atoms with Crippen LogP contribution in [0.25, 0.3) is 0 Å². The number of nitrogens with one attached hydrogen (secondary N) is 1. The van der Waals surface area contributed by atoms with Gasteiger partial charge in [-0.05, 0) is 55.7 Å². The van der Waals surface area contributed by atoms with Gasteiger partial charge in [-0.3, -0.25) is 9.10 Å². The van der Waals surface area contributed by atoms with Gasteiger partial charge in [0.25, 0.3) is 10.0 Å². The van der Waals surface area contributed by atoms with E-state index >= 15 is 0 Å². The quantitative estimate of drug-likeness (QED) is 0.615. The third-order valence-corrected chi connectivity index (χ3v) is 6.91. The Bertz CT molecular complexity index is 1110. The van der Waals surface area contributed by atoms with E-state index in [4.69, 9.17) is 0 Å². The summed E-state index contributed by atoms with van der Waals surface area (Å²) in [5.41, 5.74) is 3.23. The molecule has 1 amide bonds. The number of carbonyl (C=O) groups excluding carboxylic acids is 1. The van der Waals surface area contributed by atoms with E-state index in [-0.39, 0.29) is 23.4 Å². The van der Waals surface area contributed by atoms with Crippen LogP contribution in [0.3, 0.4) is 0 Å². The van der Waals surface area contributed by atoms with Gasteiger partial charge in [0.1, 0.15) is 6.54 Å². The topological polar surface area (TPSA) is 66.5 Å². The van der Waals surface area contributed by atoms with Crippen LogP contribution in [0.2, 0.25) is 0 Å². The molecular weight excluding hydrogens is 396 g/mol. The fourth-order valence-corrected chi connectivity index (χ4v) is 4.77. The number of carbonyl (C=O) groups is 1. The van der Waals surface area contributed by atoms with Gasteiger partial charge in [-0.1, -0.05) is 60.7 Å². The number of nitrogens with zero attached hydrogens (tertiary/aromatic N) is 1. The standard InChI is InChI=1S/C24H26N2O3S/c1-18-11-10-16-23(19(18)2)26(30(28,29)22-14-8-5-9-15-22)17-24(27)25-20(3)21-12-6-4-7-13-21/h4-16,20H,17H2,1-3H3,(H,25,27)/t20-/m0/s1. The average Bonchev–Trinajstić information content (AvgIpc) is 2.75. The molecule has 0 saturated carbocycles. The maximum atomic E-state index is 13.4. The van der Waals surface area contributed by atoms with Crippen molar-refractivity contribution in [3.05, 3.63) is 95.6 Å². The van der Waals surface area contributed by atoms with Gasteiger partial charge in [0, 0.05) is 0 Å². The summed E-state index contributed by atoms with van der Waals surface area (Å²) in [5, 5.41) is 2.91. The number of rotatable bonds is 7. The zero-order chi connectivity index (χ0) is 21.7. The number of aryl methyl sites for hydroxylation is 1. The third-order valence-electron chi connectivity index (χ3n) is 5.14. The highest BCUT2D eigenvalue weighted by Gasteiger charge is 2.28. The molecule has 0 fully saturated rings. The first-order chi connectivity index (χ1) is 14.3. The molecule has 5 nitrogen and oxygen atoms in total. The molecule has 0 unspecified atom stereocenters. The average molecular weight is 423 g/mol. The molecule has 1 atom stereocenters. The van der Waals surface area contributed by atoms with E-state index in [0.717, 1.165) is 16.7 Å². The summed E-state index contributed by atoms with van der Waals surface area (Å²) in [6.07, 6.45) is 0. The fourth-order valence-electron chi connectivity index (χ4n) is 3.27. The van der Waals surface area contributed by atoms with Crippen molar-refractivity contribution in [3.8, 4) is 0 Å². The van der Waals surface area contributed by atoms with Gasteiger partial charge >= 0.3 is 0 Å². The predicted octanol–water partition coefficient (Wildman–Crippen LogP) is 4.38. The van der Waals surface area contributed by atoms with E-state index in [9.17, 15) is 13.2 Å². The van der Waals surface area contributed by atoms with Crippen LogP contribution in [0.4, 0.5) is 5.69 Å². The minimum Gasteiger partial charge on any atom is -0.348 e. The minimum atomic E-state index is -3.92. The van der Waals surface area contributed by atoms with Crippen LogP contribution < -0.4 is 9.62 Å². The second kappa shape index (κ2) is 9.13. The minimum absolute atomic E-state index is 0.148. The van der Waals surface area contributed by atoms with Crippen LogP contribution in [-0.4, -0.2) is 20.9 Å². The van der Waals surface area contributed by atoms with Gasteiger partial charge in [0.05, 0.1) is 16.6 Å². The van der Waals surface area contributed by atoms with Crippen molar-refractivity contribution in [2.75, 3.05) is 10.8 Å². The van der Waals surface area contributed by atoms with E-state index in [2.05, 4.69) is 5.32 Å². The number of hydrogen-bond donors (Lipinski definition) is 1. The van der Waals surface area contributed by atoms with Crippen molar-refractivity contribution in [1.29, 1.82) is 0 Å². The first kappa shape index (κ1) is 21.6. The van der Waals surface area contributed by atoms with E-state index in [1.807, 2.05) is 57.2 Å². The predicted molar refractivity (Wildman–Crippen MR) is 120 cm³/mol. The third kappa shape index (κ3) is 4.71. The number of hydrogen-bond acceptors (Lipinski definition) is 3. The molecule has 0 saturated heterocycles. The van der Waals surface area contributed by atoms with Crippen molar-refractivity contribution in [2.24, 2.45) is 0 Å². The molecule has 3 aromatic rings. The molecule has 0 aromatic heterocycles. The molecule has 3 rings (SSSR count). The van der Waals surface area contributed by atoms with Crippen LogP contribution in [-0.2, 0) is 14.8 Å². The lowest BCUT2D eigenvalue weighted by Gasteiger charge is -2.27. The van der Waals surface area contributed by atoms with Crippen LogP contribution in [0.15, 0.2) is 83.8 Å².